The number of aromatic nitrogens is 1. The van der Waals surface area contributed by atoms with E-state index in [1.54, 1.807) is 18.2 Å². The van der Waals surface area contributed by atoms with Crippen molar-refractivity contribution in [1.29, 1.82) is 0 Å². The van der Waals surface area contributed by atoms with E-state index in [0.29, 0.717) is 35.5 Å². The van der Waals surface area contributed by atoms with Gasteiger partial charge in [-0.3, -0.25) is 4.79 Å². The van der Waals surface area contributed by atoms with Crippen molar-refractivity contribution in [2.45, 2.75) is 75.8 Å². The highest BCUT2D eigenvalue weighted by Crippen LogP contribution is 2.57. The standard InChI is InChI=1S/C27H28F4N4O3.C2H6.H2/c1-14(35-8-9-37-21(13-35)27(29,30)31)10-18-17-4-3-5-19(28)23(17)26(25(18)36)11-16(12-26)38-22-7-6-20-24(32-22)15(2)33-34-20;1-2;/h3-7,15-16,18,21,33-34H,1,8-13H2,2H3;1-2H3;1H/t15?,16?,18?,21-,26?;;/m0../s1. The second-order valence-corrected chi connectivity index (χ2v) is 10.5. The summed E-state index contributed by atoms with van der Waals surface area (Å²) >= 11 is 0. The number of anilines is 1. The smallest absolute Gasteiger partial charge is 0.416 e. The molecule has 1 spiro atoms. The van der Waals surface area contributed by atoms with Crippen molar-refractivity contribution >= 4 is 11.5 Å². The molecule has 2 unspecified atom stereocenters. The largest absolute Gasteiger partial charge is 0.474 e. The van der Waals surface area contributed by atoms with Gasteiger partial charge in [0.05, 0.1) is 36.0 Å². The molecular formula is C29H36F4N4O3. The maximum absolute atomic E-state index is 15.2. The molecule has 218 valence electrons. The lowest BCUT2D eigenvalue weighted by atomic mass is 9.62. The zero-order chi connectivity index (χ0) is 28.8. The first kappa shape index (κ1) is 28.4. The number of nitrogens with one attached hydrogen (secondary N) is 2. The molecule has 0 bridgehead atoms. The van der Waals surface area contributed by atoms with Crippen molar-refractivity contribution < 1.29 is 33.3 Å². The van der Waals surface area contributed by atoms with Crippen LogP contribution in [0.1, 0.15) is 70.2 Å². The molecule has 0 radical (unpaired) electrons. The van der Waals surface area contributed by atoms with Gasteiger partial charge in [0, 0.05) is 50.5 Å². The Balaban J connectivity index is 0.00000126. The third-order valence-electron chi connectivity index (χ3n) is 8.18. The average molecular weight is 565 g/mol. The van der Waals surface area contributed by atoms with Gasteiger partial charge in [-0.2, -0.15) is 13.2 Å². The fourth-order valence-electron chi connectivity index (χ4n) is 6.22. The minimum absolute atomic E-state index is 0. The number of allylic oxidation sites excluding steroid dienone is 1. The Morgan fingerprint density at radius 2 is 2.02 bits per heavy atom. The zero-order valence-corrected chi connectivity index (χ0v) is 22.8. The predicted molar refractivity (Wildman–Crippen MR) is 143 cm³/mol. The molecule has 0 amide bonds. The van der Waals surface area contributed by atoms with Crippen LogP contribution in [0.2, 0.25) is 0 Å². The van der Waals surface area contributed by atoms with Gasteiger partial charge in [-0.15, -0.1) is 0 Å². The van der Waals surface area contributed by atoms with E-state index in [4.69, 9.17) is 9.47 Å². The number of morpholine rings is 1. The normalized spacial score (nSPS) is 28.7. The highest BCUT2D eigenvalue weighted by atomic mass is 19.4. The van der Waals surface area contributed by atoms with Crippen LogP contribution >= 0.6 is 0 Å². The molecular weight excluding hydrogens is 528 g/mol. The number of carbonyl (C=O) groups excluding carboxylic acids is 1. The monoisotopic (exact) mass is 564 g/mol. The molecule has 3 atom stereocenters. The van der Waals surface area contributed by atoms with E-state index in [-0.39, 0.29) is 45.5 Å². The van der Waals surface area contributed by atoms with E-state index >= 15 is 4.39 Å². The summed E-state index contributed by atoms with van der Waals surface area (Å²) in [5, 5.41) is 0. The van der Waals surface area contributed by atoms with Crippen LogP contribution in [0.3, 0.4) is 0 Å². The number of ether oxygens (including phenoxy) is 2. The average Bonchev–Trinajstić information content (AvgIpc) is 3.40. The van der Waals surface area contributed by atoms with Crippen LogP contribution in [0.25, 0.3) is 0 Å². The summed E-state index contributed by atoms with van der Waals surface area (Å²) in [5.74, 6) is -0.829. The lowest BCUT2D eigenvalue weighted by Gasteiger charge is -2.44. The molecule has 40 heavy (non-hydrogen) atoms. The molecule has 2 fully saturated rings. The van der Waals surface area contributed by atoms with Gasteiger partial charge < -0.3 is 19.8 Å². The lowest BCUT2D eigenvalue weighted by Crippen LogP contribution is -2.52. The number of halogens is 4. The minimum atomic E-state index is -4.48. The van der Waals surface area contributed by atoms with E-state index in [0.717, 1.165) is 11.4 Å². The van der Waals surface area contributed by atoms with Gasteiger partial charge in [0.15, 0.2) is 11.9 Å². The molecule has 1 aromatic heterocycles. The summed E-state index contributed by atoms with van der Waals surface area (Å²) in [7, 11) is 0. The van der Waals surface area contributed by atoms with Gasteiger partial charge in [0.25, 0.3) is 0 Å². The number of hydrogen-bond donors (Lipinski definition) is 2. The third kappa shape index (κ3) is 4.83. The van der Waals surface area contributed by atoms with Gasteiger partial charge in [-0.1, -0.05) is 32.6 Å². The number of pyridine rings is 1. The molecule has 11 heteroatoms. The number of fused-ring (bicyclic) bond motifs is 3. The van der Waals surface area contributed by atoms with Crippen molar-refractivity contribution in [2.24, 2.45) is 0 Å². The van der Waals surface area contributed by atoms with Crippen LogP contribution in [0.15, 0.2) is 42.6 Å². The summed E-state index contributed by atoms with van der Waals surface area (Å²) in [6.07, 6.45) is -5.97. The maximum Gasteiger partial charge on any atom is 0.416 e. The molecule has 2 aliphatic carbocycles. The summed E-state index contributed by atoms with van der Waals surface area (Å²) in [6, 6.07) is 8.29. The maximum atomic E-state index is 15.2. The summed E-state index contributed by atoms with van der Waals surface area (Å²) in [6.45, 7) is 9.76. The molecule has 6 rings (SSSR count). The van der Waals surface area contributed by atoms with Crippen LogP contribution in [0.4, 0.5) is 23.2 Å². The van der Waals surface area contributed by atoms with E-state index < -0.39 is 29.4 Å². The molecule has 4 aliphatic rings. The lowest BCUT2D eigenvalue weighted by molar-refractivity contribution is -0.235. The number of rotatable bonds is 5. The summed E-state index contributed by atoms with van der Waals surface area (Å²) in [5.41, 5.74) is 8.19. The van der Waals surface area contributed by atoms with E-state index in [1.165, 1.54) is 11.0 Å². The van der Waals surface area contributed by atoms with Crippen molar-refractivity contribution in [2.75, 3.05) is 25.1 Å². The molecule has 1 saturated carbocycles. The van der Waals surface area contributed by atoms with Crippen LogP contribution in [-0.2, 0) is 14.9 Å². The second kappa shape index (κ2) is 10.7. The third-order valence-corrected chi connectivity index (χ3v) is 8.18. The fraction of sp³-hybridized carbons (Fsp3) is 0.517. The van der Waals surface area contributed by atoms with Crippen LogP contribution in [0.5, 0.6) is 5.88 Å². The Bertz CT molecular complexity index is 1300. The number of benzene rings is 1. The first-order valence-corrected chi connectivity index (χ1v) is 13.7. The van der Waals surface area contributed by atoms with E-state index in [2.05, 4.69) is 22.4 Å². The first-order chi connectivity index (χ1) is 19.1. The molecule has 2 aliphatic heterocycles. The Labute approximate surface area is 232 Å². The number of ketones is 1. The van der Waals surface area contributed by atoms with Crippen molar-refractivity contribution in [3.63, 3.8) is 0 Å². The predicted octanol–water partition coefficient (Wildman–Crippen LogP) is 5.80. The Kier molecular flexibility index (Phi) is 7.56. The first-order valence-electron chi connectivity index (χ1n) is 13.7. The van der Waals surface area contributed by atoms with Gasteiger partial charge in [-0.25, -0.2) is 14.8 Å². The van der Waals surface area contributed by atoms with Crippen molar-refractivity contribution in [3.05, 3.63) is 65.2 Å². The van der Waals surface area contributed by atoms with Gasteiger partial charge in [0.1, 0.15) is 11.9 Å². The summed E-state index contributed by atoms with van der Waals surface area (Å²) < 4.78 is 65.8. The van der Waals surface area contributed by atoms with E-state index in [1.807, 2.05) is 26.8 Å². The highest BCUT2D eigenvalue weighted by molar-refractivity contribution is 6.01. The molecule has 1 saturated heterocycles. The van der Waals surface area contributed by atoms with Crippen LogP contribution < -0.4 is 15.6 Å². The zero-order valence-electron chi connectivity index (χ0n) is 22.8. The SMILES string of the molecule is C=C(CC1C(=O)C2(CC(Oc3ccc4c(n3)C(C)NN4)C2)c2c(F)cccc21)N1CCO[C@H](C(F)(F)F)C1.CC.[HH]. The molecule has 1 aromatic carbocycles. The molecule has 3 heterocycles. The van der Waals surface area contributed by atoms with Crippen molar-refractivity contribution in [3.8, 4) is 5.88 Å². The van der Waals surface area contributed by atoms with Gasteiger partial charge in [0.2, 0.25) is 5.88 Å². The van der Waals surface area contributed by atoms with E-state index in [9.17, 15) is 18.0 Å². The van der Waals surface area contributed by atoms with Crippen LogP contribution in [0, 0.1) is 5.82 Å². The Hall–Kier alpha value is -3.18. The number of hydrogen-bond acceptors (Lipinski definition) is 7. The van der Waals surface area contributed by atoms with Gasteiger partial charge in [-0.05, 0) is 24.6 Å². The molecule has 7 nitrogen and oxygen atoms in total. The second-order valence-electron chi connectivity index (χ2n) is 10.5. The number of alkyl halides is 3. The summed E-state index contributed by atoms with van der Waals surface area (Å²) in [4.78, 5) is 19.9. The quantitative estimate of drug-likeness (QED) is 0.445. The topological polar surface area (TPSA) is 75.7 Å². The Morgan fingerprint density at radius 1 is 1.27 bits per heavy atom. The number of hydrazine groups is 1. The number of nitrogens with zero attached hydrogens (tertiary/aromatic N) is 2. The van der Waals surface area contributed by atoms with Crippen molar-refractivity contribution in [1.82, 2.24) is 15.3 Å². The highest BCUT2D eigenvalue weighted by Gasteiger charge is 2.61. The molecule has 2 N–H and O–H groups in total. The minimum Gasteiger partial charge on any atom is -0.474 e. The Morgan fingerprint density at radius 3 is 2.75 bits per heavy atom. The van der Waals surface area contributed by atoms with Crippen LogP contribution in [-0.4, -0.2) is 53.7 Å². The molecule has 2 aromatic rings. The number of Topliss-reactive ketones (excluding diaryl/α,β-unsaturated/α-hetero) is 1. The number of carbonyl (C=O) groups is 1. The van der Waals surface area contributed by atoms with Gasteiger partial charge >= 0.3 is 6.18 Å². The fourth-order valence-corrected chi connectivity index (χ4v) is 6.22.